The molecule has 4 rings (SSSR count). The molecule has 0 saturated heterocycles. The summed E-state index contributed by atoms with van der Waals surface area (Å²) >= 11 is 0. The molecule has 2 nitrogen and oxygen atoms in total. The highest BCUT2D eigenvalue weighted by Crippen LogP contribution is 2.66. The van der Waals surface area contributed by atoms with E-state index in [4.69, 9.17) is 0 Å². The molecular formula is C24H32O2. The third kappa shape index (κ3) is 2.23. The van der Waals surface area contributed by atoms with Crippen molar-refractivity contribution >= 4 is 11.6 Å². The first-order chi connectivity index (χ1) is 12.2. The Morgan fingerprint density at radius 2 is 1.92 bits per heavy atom. The number of fused-ring (bicyclic) bond motifs is 5. The summed E-state index contributed by atoms with van der Waals surface area (Å²) in [4.78, 5) is 24.7. The van der Waals surface area contributed by atoms with Gasteiger partial charge in [0, 0.05) is 17.8 Å². The van der Waals surface area contributed by atoms with Gasteiger partial charge in [0.2, 0.25) is 0 Å². The van der Waals surface area contributed by atoms with E-state index in [1.165, 1.54) is 17.6 Å². The lowest BCUT2D eigenvalue weighted by Gasteiger charge is -2.54. The first-order valence-corrected chi connectivity index (χ1v) is 10.4. The second-order valence-corrected chi connectivity index (χ2v) is 9.77. The fraction of sp³-hybridized carbons (Fsp3) is 0.667. The average molecular weight is 353 g/mol. The Kier molecular flexibility index (Phi) is 3.99. The Hall–Kier alpha value is -1.44. The SMILES string of the molecule is CCC(=O)[C@H]1[C@H](C)CC2C3C[C@H](C)C4=CC(=O)C=C[C@]4(C)C3=CC[C@@]21C. The van der Waals surface area contributed by atoms with Crippen LogP contribution in [-0.2, 0) is 9.59 Å². The van der Waals surface area contributed by atoms with Crippen LogP contribution in [0.5, 0.6) is 0 Å². The van der Waals surface area contributed by atoms with Crippen LogP contribution in [-0.4, -0.2) is 11.6 Å². The molecule has 0 heterocycles. The third-order valence-electron chi connectivity index (χ3n) is 8.31. The molecule has 26 heavy (non-hydrogen) atoms. The minimum absolute atomic E-state index is 0.103. The van der Waals surface area contributed by atoms with E-state index >= 15 is 0 Å². The van der Waals surface area contributed by atoms with Gasteiger partial charge in [-0.3, -0.25) is 9.59 Å². The molecule has 0 radical (unpaired) electrons. The van der Waals surface area contributed by atoms with Crippen LogP contribution in [0.25, 0.3) is 0 Å². The van der Waals surface area contributed by atoms with Gasteiger partial charge in [0.25, 0.3) is 0 Å². The van der Waals surface area contributed by atoms with Crippen molar-refractivity contribution in [1.29, 1.82) is 0 Å². The average Bonchev–Trinajstić information content (AvgIpc) is 2.86. The predicted molar refractivity (Wildman–Crippen MR) is 104 cm³/mol. The van der Waals surface area contributed by atoms with Gasteiger partial charge in [-0.1, -0.05) is 45.4 Å². The van der Waals surface area contributed by atoms with Crippen LogP contribution in [0.3, 0.4) is 0 Å². The van der Waals surface area contributed by atoms with Crippen molar-refractivity contribution in [2.24, 2.45) is 40.4 Å². The first kappa shape index (κ1) is 17.9. The van der Waals surface area contributed by atoms with Crippen molar-refractivity contribution < 1.29 is 9.59 Å². The molecule has 0 aromatic carbocycles. The molecule has 0 aliphatic heterocycles. The van der Waals surface area contributed by atoms with E-state index in [-0.39, 0.29) is 22.5 Å². The number of carbonyl (C=O) groups excluding carboxylic acids is 2. The number of allylic oxidation sites excluding steroid dienone is 6. The zero-order valence-corrected chi connectivity index (χ0v) is 16.8. The lowest BCUT2D eigenvalue weighted by Crippen LogP contribution is -2.46. The molecule has 2 saturated carbocycles. The van der Waals surface area contributed by atoms with Crippen LogP contribution in [0.1, 0.15) is 60.3 Å². The van der Waals surface area contributed by atoms with E-state index in [1.807, 2.05) is 13.0 Å². The molecule has 0 bridgehead atoms. The fourth-order valence-corrected chi connectivity index (χ4v) is 7.20. The Bertz CT molecular complexity index is 754. The maximum Gasteiger partial charge on any atom is 0.178 e. The van der Waals surface area contributed by atoms with E-state index < -0.39 is 0 Å². The number of carbonyl (C=O) groups is 2. The van der Waals surface area contributed by atoms with Crippen molar-refractivity contribution in [3.8, 4) is 0 Å². The minimum Gasteiger partial charge on any atom is -0.299 e. The molecule has 2 fully saturated rings. The van der Waals surface area contributed by atoms with E-state index in [2.05, 4.69) is 39.8 Å². The van der Waals surface area contributed by atoms with Crippen molar-refractivity contribution in [2.75, 3.05) is 0 Å². The van der Waals surface area contributed by atoms with Crippen molar-refractivity contribution in [1.82, 2.24) is 0 Å². The molecule has 2 heteroatoms. The van der Waals surface area contributed by atoms with Crippen LogP contribution < -0.4 is 0 Å². The zero-order valence-electron chi connectivity index (χ0n) is 16.8. The normalized spacial score (nSPS) is 46.8. The van der Waals surface area contributed by atoms with E-state index in [0.717, 1.165) is 12.8 Å². The predicted octanol–water partition coefficient (Wildman–Crippen LogP) is 5.30. The van der Waals surface area contributed by atoms with Gasteiger partial charge in [-0.25, -0.2) is 0 Å². The molecule has 0 amide bonds. The molecule has 0 N–H and O–H groups in total. The van der Waals surface area contributed by atoms with E-state index in [1.54, 1.807) is 6.08 Å². The standard InChI is InChI=1S/C24H32O2/c1-6-21(26)22-15(3)12-20-17-11-14(2)19-13-16(25)7-9-23(19,4)18(17)8-10-24(20,22)5/h7-9,13-15,17,20,22H,6,10-12H2,1-5H3/t14-,15+,17?,20?,22+,23+,24-/m0/s1. The molecule has 0 aromatic heterocycles. The maximum absolute atomic E-state index is 12.8. The van der Waals surface area contributed by atoms with Gasteiger partial charge in [-0.15, -0.1) is 0 Å². The molecule has 2 unspecified atom stereocenters. The number of rotatable bonds is 2. The van der Waals surface area contributed by atoms with Crippen LogP contribution >= 0.6 is 0 Å². The van der Waals surface area contributed by atoms with E-state index in [9.17, 15) is 9.59 Å². The molecule has 4 aliphatic rings. The van der Waals surface area contributed by atoms with Crippen LogP contribution in [0.2, 0.25) is 0 Å². The molecule has 140 valence electrons. The molecule has 4 aliphatic carbocycles. The molecule has 7 atom stereocenters. The number of Topliss-reactive ketones (excluding diaryl/α,β-unsaturated/α-hetero) is 1. The van der Waals surface area contributed by atoms with Crippen molar-refractivity contribution in [3.63, 3.8) is 0 Å². The molecular weight excluding hydrogens is 320 g/mol. The smallest absolute Gasteiger partial charge is 0.178 e. The lowest BCUT2D eigenvalue weighted by atomic mass is 9.50. The summed E-state index contributed by atoms with van der Waals surface area (Å²) in [5.74, 6) is 2.83. The maximum atomic E-state index is 12.8. The van der Waals surface area contributed by atoms with Gasteiger partial charge in [0.05, 0.1) is 0 Å². The van der Waals surface area contributed by atoms with Crippen LogP contribution in [0, 0.1) is 40.4 Å². The summed E-state index contributed by atoms with van der Waals surface area (Å²) in [7, 11) is 0. The topological polar surface area (TPSA) is 34.1 Å². The summed E-state index contributed by atoms with van der Waals surface area (Å²) < 4.78 is 0. The summed E-state index contributed by atoms with van der Waals surface area (Å²) in [6.45, 7) is 11.3. The quantitative estimate of drug-likeness (QED) is 0.632. The highest BCUT2D eigenvalue weighted by molar-refractivity contribution is 6.01. The molecule has 0 aromatic rings. The number of hydrogen-bond acceptors (Lipinski definition) is 2. The van der Waals surface area contributed by atoms with Gasteiger partial charge in [-0.05, 0) is 73.0 Å². The van der Waals surface area contributed by atoms with Crippen molar-refractivity contribution in [2.45, 2.75) is 60.3 Å². The van der Waals surface area contributed by atoms with Gasteiger partial charge >= 0.3 is 0 Å². The summed E-state index contributed by atoms with van der Waals surface area (Å²) in [5, 5.41) is 0. The Labute approximate surface area is 157 Å². The Balaban J connectivity index is 1.78. The lowest BCUT2D eigenvalue weighted by molar-refractivity contribution is -0.127. The highest BCUT2D eigenvalue weighted by Gasteiger charge is 2.59. The fourth-order valence-electron chi connectivity index (χ4n) is 7.20. The monoisotopic (exact) mass is 352 g/mol. The number of hydrogen-bond donors (Lipinski definition) is 0. The van der Waals surface area contributed by atoms with Crippen LogP contribution in [0.4, 0.5) is 0 Å². The second-order valence-electron chi connectivity index (χ2n) is 9.77. The minimum atomic E-state index is -0.104. The second kappa shape index (κ2) is 5.78. The van der Waals surface area contributed by atoms with Gasteiger partial charge in [0.15, 0.2) is 5.78 Å². The summed E-state index contributed by atoms with van der Waals surface area (Å²) in [6.07, 6.45) is 12.2. The largest absolute Gasteiger partial charge is 0.299 e. The Morgan fingerprint density at radius 1 is 1.19 bits per heavy atom. The highest BCUT2D eigenvalue weighted by atomic mass is 16.1. The molecule has 0 spiro atoms. The number of ketones is 2. The first-order valence-electron chi connectivity index (χ1n) is 10.4. The summed E-state index contributed by atoms with van der Waals surface area (Å²) in [6, 6.07) is 0. The van der Waals surface area contributed by atoms with Gasteiger partial charge in [-0.2, -0.15) is 0 Å². The summed E-state index contributed by atoms with van der Waals surface area (Å²) in [5.41, 5.74) is 2.81. The van der Waals surface area contributed by atoms with E-state index in [0.29, 0.717) is 35.9 Å². The Morgan fingerprint density at radius 3 is 2.62 bits per heavy atom. The van der Waals surface area contributed by atoms with Crippen molar-refractivity contribution in [3.05, 3.63) is 35.5 Å². The zero-order chi connectivity index (χ0) is 18.9. The van der Waals surface area contributed by atoms with Gasteiger partial charge in [0.1, 0.15) is 5.78 Å². The van der Waals surface area contributed by atoms with Crippen LogP contribution in [0.15, 0.2) is 35.5 Å². The third-order valence-corrected chi connectivity index (χ3v) is 8.31. The van der Waals surface area contributed by atoms with Gasteiger partial charge < -0.3 is 0 Å².